The molecular weight excluding hydrogens is 643 g/mol. The van der Waals surface area contributed by atoms with E-state index in [4.69, 9.17) is 14.0 Å². The van der Waals surface area contributed by atoms with E-state index in [1.807, 2.05) is 13.8 Å². The number of urea groups is 1. The van der Waals surface area contributed by atoms with E-state index in [9.17, 15) is 22.4 Å². The van der Waals surface area contributed by atoms with Crippen molar-refractivity contribution in [2.45, 2.75) is 57.6 Å². The Morgan fingerprint density at radius 1 is 1.12 bits per heavy atom. The number of carbonyl (C=O) groups excluding carboxylic acids is 2. The van der Waals surface area contributed by atoms with Gasteiger partial charge in [0, 0.05) is 50.9 Å². The summed E-state index contributed by atoms with van der Waals surface area (Å²) in [6, 6.07) is 8.79. The first kappa shape index (κ1) is 36.8. The normalized spacial score (nSPS) is 18.6. The van der Waals surface area contributed by atoms with Crippen molar-refractivity contribution in [1.29, 1.82) is 0 Å². The fourth-order valence-corrected chi connectivity index (χ4v) is 6.63. The van der Waals surface area contributed by atoms with E-state index in [2.05, 4.69) is 21.1 Å². The van der Waals surface area contributed by atoms with Crippen molar-refractivity contribution >= 4 is 33.3 Å². The van der Waals surface area contributed by atoms with Gasteiger partial charge in [-0.3, -0.25) is 4.79 Å². The highest BCUT2D eigenvalue weighted by Crippen LogP contribution is 2.28. The van der Waals surface area contributed by atoms with Crippen molar-refractivity contribution in [3.8, 4) is 5.75 Å². The lowest BCUT2D eigenvalue weighted by Crippen LogP contribution is -2.49. The van der Waals surface area contributed by atoms with E-state index in [1.54, 1.807) is 44.0 Å². The number of aryl methyl sites for hydroxylation is 2. The molecule has 48 heavy (non-hydrogen) atoms. The van der Waals surface area contributed by atoms with Crippen LogP contribution in [0.25, 0.3) is 0 Å². The van der Waals surface area contributed by atoms with E-state index in [0.29, 0.717) is 61.2 Å². The molecule has 3 aromatic rings. The Bertz CT molecular complexity index is 1650. The number of sulfonamides is 1. The molecule has 0 saturated heterocycles. The Hall–Kier alpha value is -4.05. The molecule has 3 N–H and O–H groups in total. The number of benzene rings is 2. The zero-order valence-electron chi connectivity index (χ0n) is 28.2. The van der Waals surface area contributed by atoms with Crippen LogP contribution in [0.1, 0.15) is 48.5 Å². The summed E-state index contributed by atoms with van der Waals surface area (Å²) in [7, 11) is -0.677. The van der Waals surface area contributed by atoms with Gasteiger partial charge in [-0.25, -0.2) is 17.6 Å². The zero-order chi connectivity index (χ0) is 35.0. The Morgan fingerprint density at radius 2 is 1.83 bits per heavy atom. The van der Waals surface area contributed by atoms with Crippen molar-refractivity contribution in [3.63, 3.8) is 0 Å². The monoisotopic (exact) mass is 688 g/mol. The predicted molar refractivity (Wildman–Crippen MR) is 179 cm³/mol. The minimum absolute atomic E-state index is 0.0186. The molecule has 1 aliphatic heterocycles. The molecular formula is C33H45FN6O7S. The number of ether oxygens (including phenoxy) is 2. The molecule has 1 aliphatic rings. The SMILES string of the molecule is CNC[C@H](C)N1C[C@@H](C)[C@H](CN(C)S(=O)(=O)c2ccc(F)cc2)OCCCCOc2ccc(NC(=O)Nc3c(C)noc3C)cc2C1=O. The van der Waals surface area contributed by atoms with Crippen LogP contribution in [-0.2, 0) is 14.8 Å². The number of carbonyl (C=O) groups is 2. The van der Waals surface area contributed by atoms with Crippen LogP contribution in [0.2, 0.25) is 0 Å². The second-order valence-corrected chi connectivity index (χ2v) is 14.1. The summed E-state index contributed by atoms with van der Waals surface area (Å²) in [6.07, 6.45) is 0.699. The Kier molecular flexibility index (Phi) is 12.5. The van der Waals surface area contributed by atoms with Gasteiger partial charge in [0.2, 0.25) is 10.0 Å². The zero-order valence-corrected chi connectivity index (χ0v) is 29.0. The van der Waals surface area contributed by atoms with Crippen molar-refractivity contribution in [2.75, 3.05) is 57.6 Å². The lowest BCUT2D eigenvalue weighted by Gasteiger charge is -2.35. The quantitative estimate of drug-likeness (QED) is 0.292. The molecule has 4 rings (SSSR count). The number of likely N-dealkylation sites (N-methyl/N-ethyl adjacent to an activating group) is 2. The summed E-state index contributed by atoms with van der Waals surface area (Å²) in [6.45, 7) is 8.65. The molecule has 0 fully saturated rings. The van der Waals surface area contributed by atoms with Crippen LogP contribution in [-0.4, -0.2) is 93.8 Å². The standard InChI is InChI=1S/C33H45FN6O7S/c1-21-19-40(22(2)18-35-5)32(41)28-17-26(36-33(42)37-31-23(3)38-47-24(31)4)11-14-29(28)45-15-7-8-16-46-30(21)20-39(6)48(43,44)27-12-9-25(34)10-13-27/h9-14,17,21-22,30,35H,7-8,15-16,18-20H2,1-6H3,(H2,36,37,42)/t21-,22+,30+/m1/s1. The molecule has 262 valence electrons. The topological polar surface area (TPSA) is 155 Å². The first-order valence-corrected chi connectivity index (χ1v) is 17.3. The highest BCUT2D eigenvalue weighted by Gasteiger charge is 2.32. The van der Waals surface area contributed by atoms with Crippen LogP contribution < -0.4 is 20.7 Å². The van der Waals surface area contributed by atoms with Crippen molar-refractivity contribution in [1.82, 2.24) is 19.7 Å². The molecule has 13 nitrogen and oxygen atoms in total. The molecule has 0 unspecified atom stereocenters. The summed E-state index contributed by atoms with van der Waals surface area (Å²) in [5.41, 5.74) is 1.64. The number of nitrogens with zero attached hydrogens (tertiary/aromatic N) is 3. The number of aromatic nitrogens is 1. The predicted octanol–water partition coefficient (Wildman–Crippen LogP) is 4.64. The van der Waals surface area contributed by atoms with Crippen LogP contribution >= 0.6 is 0 Å². The third-order valence-electron chi connectivity index (χ3n) is 8.24. The van der Waals surface area contributed by atoms with Gasteiger partial charge in [-0.15, -0.1) is 0 Å². The highest BCUT2D eigenvalue weighted by molar-refractivity contribution is 7.89. The summed E-state index contributed by atoms with van der Waals surface area (Å²) in [4.78, 5) is 28.9. The van der Waals surface area contributed by atoms with Gasteiger partial charge in [0.25, 0.3) is 5.91 Å². The van der Waals surface area contributed by atoms with E-state index in [1.165, 1.54) is 23.5 Å². The van der Waals surface area contributed by atoms with Gasteiger partial charge < -0.3 is 34.8 Å². The molecule has 15 heteroatoms. The average Bonchev–Trinajstić information content (AvgIpc) is 3.36. The van der Waals surface area contributed by atoms with Crippen molar-refractivity contribution in [2.24, 2.45) is 5.92 Å². The molecule has 2 aromatic carbocycles. The van der Waals surface area contributed by atoms with Gasteiger partial charge in [-0.2, -0.15) is 4.31 Å². The fraction of sp³-hybridized carbons (Fsp3) is 0.485. The third-order valence-corrected chi connectivity index (χ3v) is 10.1. The number of hydrogen-bond donors (Lipinski definition) is 3. The molecule has 2 heterocycles. The smallest absolute Gasteiger partial charge is 0.323 e. The molecule has 0 bridgehead atoms. The van der Waals surface area contributed by atoms with Crippen molar-refractivity contribution < 1.29 is 36.4 Å². The van der Waals surface area contributed by atoms with Gasteiger partial charge in [0.05, 0.1) is 23.2 Å². The van der Waals surface area contributed by atoms with Gasteiger partial charge in [0.1, 0.15) is 22.9 Å². The van der Waals surface area contributed by atoms with Crippen LogP contribution in [0.15, 0.2) is 51.9 Å². The minimum atomic E-state index is -3.93. The third kappa shape index (κ3) is 9.09. The summed E-state index contributed by atoms with van der Waals surface area (Å²) < 4.78 is 58.9. The first-order chi connectivity index (χ1) is 22.8. The van der Waals surface area contributed by atoms with Gasteiger partial charge >= 0.3 is 6.03 Å². The average molecular weight is 689 g/mol. The molecule has 3 atom stereocenters. The first-order valence-electron chi connectivity index (χ1n) is 15.9. The maximum atomic E-state index is 14.4. The Labute approximate surface area is 281 Å². The number of nitrogens with one attached hydrogen (secondary N) is 3. The molecule has 3 amide bonds. The van der Waals surface area contributed by atoms with Gasteiger partial charge in [-0.05, 0) is 83.1 Å². The molecule has 0 saturated carbocycles. The summed E-state index contributed by atoms with van der Waals surface area (Å²) in [5.74, 6) is -0.304. The highest BCUT2D eigenvalue weighted by atomic mass is 32.2. The van der Waals surface area contributed by atoms with E-state index in [-0.39, 0.29) is 41.4 Å². The lowest BCUT2D eigenvalue weighted by atomic mass is 10.0. The number of halogens is 1. The van der Waals surface area contributed by atoms with Crippen LogP contribution in [0, 0.1) is 25.6 Å². The number of anilines is 2. The molecule has 0 aliphatic carbocycles. The summed E-state index contributed by atoms with van der Waals surface area (Å²) >= 11 is 0. The second-order valence-electron chi connectivity index (χ2n) is 12.0. The van der Waals surface area contributed by atoms with Crippen LogP contribution in [0.4, 0.5) is 20.6 Å². The number of rotatable bonds is 9. The lowest BCUT2D eigenvalue weighted by molar-refractivity contribution is -0.00512. The fourth-order valence-electron chi connectivity index (χ4n) is 5.45. The van der Waals surface area contributed by atoms with Crippen LogP contribution in [0.3, 0.4) is 0 Å². The maximum Gasteiger partial charge on any atom is 0.323 e. The van der Waals surface area contributed by atoms with Crippen LogP contribution in [0.5, 0.6) is 5.75 Å². The molecule has 0 radical (unpaired) electrons. The molecule has 0 spiro atoms. The Balaban J connectivity index is 1.61. The van der Waals surface area contributed by atoms with Gasteiger partial charge in [0.15, 0.2) is 5.76 Å². The van der Waals surface area contributed by atoms with Gasteiger partial charge in [-0.1, -0.05) is 12.1 Å². The Morgan fingerprint density at radius 3 is 2.50 bits per heavy atom. The maximum absolute atomic E-state index is 14.4. The van der Waals surface area contributed by atoms with E-state index >= 15 is 0 Å². The van der Waals surface area contributed by atoms with E-state index in [0.717, 1.165) is 12.1 Å². The number of amides is 3. The minimum Gasteiger partial charge on any atom is -0.493 e. The van der Waals surface area contributed by atoms with Crippen molar-refractivity contribution in [3.05, 3.63) is 65.3 Å². The van der Waals surface area contributed by atoms with E-state index < -0.39 is 28.0 Å². The number of hydrogen-bond acceptors (Lipinski definition) is 9. The number of fused-ring (bicyclic) bond motifs is 1. The summed E-state index contributed by atoms with van der Waals surface area (Å²) in [5, 5.41) is 12.5. The second kappa shape index (κ2) is 16.4. The molecule has 1 aromatic heterocycles. The largest absolute Gasteiger partial charge is 0.493 e.